The van der Waals surface area contributed by atoms with Crippen molar-refractivity contribution in [2.24, 2.45) is 0 Å². The van der Waals surface area contributed by atoms with E-state index < -0.39 is 0 Å². The Kier molecular flexibility index (Phi) is 3.66. The molecule has 0 spiro atoms. The van der Waals surface area contributed by atoms with Crippen LogP contribution in [0, 0.1) is 0 Å². The predicted octanol–water partition coefficient (Wildman–Crippen LogP) is 1.98. The van der Waals surface area contributed by atoms with Crippen LogP contribution in [0.4, 0.5) is 11.8 Å². The second kappa shape index (κ2) is 5.41. The van der Waals surface area contributed by atoms with Gasteiger partial charge in [0.25, 0.3) is 0 Å². The molecule has 0 atom stereocenters. The van der Waals surface area contributed by atoms with E-state index in [9.17, 15) is 0 Å². The minimum Gasteiger partial charge on any atom is -0.363 e. The SMILES string of the molecule is CCNc1nccc(NCc2nccs2)n1. The number of aromatic nitrogens is 3. The number of anilines is 2. The molecule has 0 amide bonds. The maximum absolute atomic E-state index is 4.31. The summed E-state index contributed by atoms with van der Waals surface area (Å²) in [4.78, 5) is 12.6. The molecule has 2 N–H and O–H groups in total. The molecule has 2 aromatic rings. The highest BCUT2D eigenvalue weighted by Crippen LogP contribution is 2.09. The lowest BCUT2D eigenvalue weighted by atomic mass is 10.5. The van der Waals surface area contributed by atoms with Crippen molar-refractivity contribution in [3.05, 3.63) is 28.8 Å². The Hall–Kier alpha value is -1.69. The van der Waals surface area contributed by atoms with Crippen LogP contribution in [0.2, 0.25) is 0 Å². The van der Waals surface area contributed by atoms with Crippen molar-refractivity contribution in [1.29, 1.82) is 0 Å². The van der Waals surface area contributed by atoms with Crippen LogP contribution in [0.5, 0.6) is 0 Å². The van der Waals surface area contributed by atoms with E-state index >= 15 is 0 Å². The summed E-state index contributed by atoms with van der Waals surface area (Å²) in [5, 5.41) is 9.27. The van der Waals surface area contributed by atoms with E-state index in [1.165, 1.54) is 0 Å². The van der Waals surface area contributed by atoms with Gasteiger partial charge in [0, 0.05) is 24.3 Å². The van der Waals surface area contributed by atoms with Gasteiger partial charge in [-0.25, -0.2) is 9.97 Å². The molecule has 2 heterocycles. The third-order valence-electron chi connectivity index (χ3n) is 1.89. The van der Waals surface area contributed by atoms with Crippen LogP contribution < -0.4 is 10.6 Å². The first-order valence-corrected chi connectivity index (χ1v) is 5.95. The van der Waals surface area contributed by atoms with Gasteiger partial charge in [0.15, 0.2) is 0 Å². The zero-order valence-corrected chi connectivity index (χ0v) is 9.79. The fourth-order valence-electron chi connectivity index (χ4n) is 1.21. The van der Waals surface area contributed by atoms with Gasteiger partial charge in [0.05, 0.1) is 6.54 Å². The highest BCUT2D eigenvalue weighted by atomic mass is 32.1. The minimum atomic E-state index is 0.645. The van der Waals surface area contributed by atoms with Crippen molar-refractivity contribution in [2.45, 2.75) is 13.5 Å². The number of nitrogens with one attached hydrogen (secondary N) is 2. The third-order valence-corrected chi connectivity index (χ3v) is 2.67. The minimum absolute atomic E-state index is 0.645. The lowest BCUT2D eigenvalue weighted by Crippen LogP contribution is -2.05. The first-order chi connectivity index (χ1) is 7.88. The average molecular weight is 235 g/mol. The number of hydrogen-bond acceptors (Lipinski definition) is 6. The molecule has 0 aromatic carbocycles. The monoisotopic (exact) mass is 235 g/mol. The summed E-state index contributed by atoms with van der Waals surface area (Å²) in [6.45, 7) is 3.52. The largest absolute Gasteiger partial charge is 0.363 e. The molecule has 0 aliphatic rings. The van der Waals surface area contributed by atoms with Crippen LogP contribution >= 0.6 is 11.3 Å². The third kappa shape index (κ3) is 2.90. The van der Waals surface area contributed by atoms with Crippen molar-refractivity contribution < 1.29 is 0 Å². The Morgan fingerprint density at radius 2 is 2.19 bits per heavy atom. The summed E-state index contributed by atoms with van der Waals surface area (Å²) in [5.41, 5.74) is 0. The maximum Gasteiger partial charge on any atom is 0.224 e. The summed E-state index contributed by atoms with van der Waals surface area (Å²) in [6.07, 6.45) is 3.53. The van der Waals surface area contributed by atoms with Gasteiger partial charge in [0.1, 0.15) is 10.8 Å². The number of hydrogen-bond donors (Lipinski definition) is 2. The predicted molar refractivity (Wildman–Crippen MR) is 65.6 cm³/mol. The standard InChI is InChI=1S/C10H13N5S/c1-2-11-10-13-4-3-8(15-10)14-7-9-12-5-6-16-9/h3-6H,2,7H2,1H3,(H2,11,13,14,15). The zero-order valence-electron chi connectivity index (χ0n) is 8.97. The molecule has 84 valence electrons. The number of rotatable bonds is 5. The summed E-state index contributed by atoms with van der Waals surface area (Å²) in [5.74, 6) is 1.45. The van der Waals surface area contributed by atoms with E-state index in [1.807, 2.05) is 18.4 Å². The first kappa shape index (κ1) is 10.8. The van der Waals surface area contributed by atoms with Crippen LogP contribution in [0.25, 0.3) is 0 Å². The van der Waals surface area contributed by atoms with Gasteiger partial charge < -0.3 is 10.6 Å². The Labute approximate surface area is 98.0 Å². The highest BCUT2D eigenvalue weighted by molar-refractivity contribution is 7.09. The molecule has 0 radical (unpaired) electrons. The second-order valence-electron chi connectivity index (χ2n) is 3.08. The van der Waals surface area contributed by atoms with Crippen LogP contribution in [0.15, 0.2) is 23.8 Å². The summed E-state index contributed by atoms with van der Waals surface area (Å²) in [7, 11) is 0. The highest BCUT2D eigenvalue weighted by Gasteiger charge is 1.99. The lowest BCUT2D eigenvalue weighted by Gasteiger charge is -2.05. The van der Waals surface area contributed by atoms with E-state index in [-0.39, 0.29) is 0 Å². The quantitative estimate of drug-likeness (QED) is 0.829. The Balaban J connectivity index is 1.96. The fraction of sp³-hybridized carbons (Fsp3) is 0.300. The van der Waals surface area contributed by atoms with Gasteiger partial charge in [-0.15, -0.1) is 11.3 Å². The summed E-state index contributed by atoms with van der Waals surface area (Å²) in [6, 6.07) is 1.84. The van der Waals surface area contributed by atoms with Gasteiger partial charge in [-0.1, -0.05) is 0 Å². The normalized spacial score (nSPS) is 10.1. The molecular formula is C10H13N5S. The van der Waals surface area contributed by atoms with Crippen molar-refractivity contribution >= 4 is 23.1 Å². The lowest BCUT2D eigenvalue weighted by molar-refractivity contribution is 1.04. The van der Waals surface area contributed by atoms with Crippen molar-refractivity contribution in [3.63, 3.8) is 0 Å². The molecule has 0 fully saturated rings. The van der Waals surface area contributed by atoms with Crippen molar-refractivity contribution in [2.75, 3.05) is 17.2 Å². The first-order valence-electron chi connectivity index (χ1n) is 5.07. The van der Waals surface area contributed by atoms with E-state index in [2.05, 4.69) is 25.6 Å². The molecule has 16 heavy (non-hydrogen) atoms. The van der Waals surface area contributed by atoms with Crippen molar-refractivity contribution in [1.82, 2.24) is 15.0 Å². The molecule has 0 unspecified atom stereocenters. The second-order valence-corrected chi connectivity index (χ2v) is 4.05. The molecule has 0 aliphatic carbocycles. The molecule has 0 bridgehead atoms. The van der Waals surface area contributed by atoms with Gasteiger partial charge in [-0.3, -0.25) is 0 Å². The molecule has 0 saturated heterocycles. The number of nitrogens with zero attached hydrogens (tertiary/aromatic N) is 3. The van der Waals surface area contributed by atoms with Crippen LogP contribution in [0.1, 0.15) is 11.9 Å². The Morgan fingerprint density at radius 1 is 1.25 bits per heavy atom. The van der Waals surface area contributed by atoms with E-state index in [1.54, 1.807) is 23.7 Å². The van der Waals surface area contributed by atoms with Gasteiger partial charge >= 0.3 is 0 Å². The van der Waals surface area contributed by atoms with Crippen molar-refractivity contribution in [3.8, 4) is 0 Å². The molecule has 0 saturated carbocycles. The fourth-order valence-corrected chi connectivity index (χ4v) is 1.76. The molecule has 5 nitrogen and oxygen atoms in total. The molecule has 2 rings (SSSR count). The molecular weight excluding hydrogens is 222 g/mol. The Morgan fingerprint density at radius 3 is 2.94 bits per heavy atom. The van der Waals surface area contributed by atoms with Crippen LogP contribution in [0.3, 0.4) is 0 Å². The van der Waals surface area contributed by atoms with Gasteiger partial charge in [0.2, 0.25) is 5.95 Å². The van der Waals surface area contributed by atoms with Gasteiger partial charge in [-0.2, -0.15) is 4.98 Å². The smallest absolute Gasteiger partial charge is 0.224 e. The zero-order chi connectivity index (χ0) is 11.2. The van der Waals surface area contributed by atoms with E-state index in [4.69, 9.17) is 0 Å². The number of thiazole rings is 1. The Bertz CT molecular complexity index is 429. The van der Waals surface area contributed by atoms with Crippen LogP contribution in [-0.2, 0) is 6.54 Å². The molecule has 2 aromatic heterocycles. The summed E-state index contributed by atoms with van der Waals surface area (Å²) >= 11 is 1.62. The summed E-state index contributed by atoms with van der Waals surface area (Å²) < 4.78 is 0. The maximum atomic E-state index is 4.31. The molecule has 6 heteroatoms. The average Bonchev–Trinajstić information content (AvgIpc) is 2.80. The van der Waals surface area contributed by atoms with E-state index in [0.717, 1.165) is 17.4 Å². The van der Waals surface area contributed by atoms with Gasteiger partial charge in [-0.05, 0) is 13.0 Å². The molecule has 0 aliphatic heterocycles. The van der Waals surface area contributed by atoms with Crippen LogP contribution in [-0.4, -0.2) is 21.5 Å². The topological polar surface area (TPSA) is 62.7 Å². The van der Waals surface area contributed by atoms with E-state index in [0.29, 0.717) is 12.5 Å².